The molecule has 1 aliphatic rings. The van der Waals surface area contributed by atoms with Gasteiger partial charge < -0.3 is 10.1 Å². The van der Waals surface area contributed by atoms with Crippen molar-refractivity contribution < 1.29 is 4.74 Å². The van der Waals surface area contributed by atoms with Crippen molar-refractivity contribution in [1.82, 2.24) is 5.32 Å². The minimum absolute atomic E-state index is 0.356. The Labute approximate surface area is 88.4 Å². The summed E-state index contributed by atoms with van der Waals surface area (Å²) in [6.45, 7) is 10.8. The van der Waals surface area contributed by atoms with E-state index >= 15 is 0 Å². The summed E-state index contributed by atoms with van der Waals surface area (Å²) in [6.07, 6.45) is 2.94. The van der Waals surface area contributed by atoms with Gasteiger partial charge in [0.25, 0.3) is 0 Å². The smallest absolute Gasteiger partial charge is 0.0625 e. The van der Waals surface area contributed by atoms with Gasteiger partial charge in [-0.1, -0.05) is 13.8 Å². The number of hydrogen-bond acceptors (Lipinski definition) is 2. The highest BCUT2D eigenvalue weighted by Crippen LogP contribution is 2.40. The quantitative estimate of drug-likeness (QED) is 0.680. The standard InChI is InChI=1S/C12H25NO/c1-5-6-13-12(8-14-9(2)3)11-7-10(11)4/h9-13H,5-8H2,1-4H3. The summed E-state index contributed by atoms with van der Waals surface area (Å²) in [7, 11) is 0. The van der Waals surface area contributed by atoms with E-state index in [1.54, 1.807) is 0 Å². The van der Waals surface area contributed by atoms with Crippen LogP contribution in [0.1, 0.15) is 40.5 Å². The van der Waals surface area contributed by atoms with Crippen LogP contribution in [-0.2, 0) is 4.74 Å². The van der Waals surface area contributed by atoms with Crippen molar-refractivity contribution in [2.24, 2.45) is 11.8 Å². The maximum atomic E-state index is 5.69. The Morgan fingerprint density at radius 3 is 2.50 bits per heavy atom. The maximum absolute atomic E-state index is 5.69. The van der Waals surface area contributed by atoms with Crippen molar-refractivity contribution in [1.29, 1.82) is 0 Å². The molecule has 0 amide bonds. The fourth-order valence-corrected chi connectivity index (χ4v) is 1.87. The molecule has 3 atom stereocenters. The minimum atomic E-state index is 0.356. The van der Waals surface area contributed by atoms with Gasteiger partial charge in [0.1, 0.15) is 0 Å². The molecule has 1 rings (SSSR count). The molecule has 0 bridgehead atoms. The lowest BCUT2D eigenvalue weighted by atomic mass is 10.1. The molecule has 2 nitrogen and oxygen atoms in total. The summed E-state index contributed by atoms with van der Waals surface area (Å²) < 4.78 is 5.69. The molecule has 0 aliphatic heterocycles. The van der Waals surface area contributed by atoms with E-state index in [1.165, 1.54) is 12.8 Å². The second kappa shape index (κ2) is 5.72. The van der Waals surface area contributed by atoms with Crippen LogP contribution in [0.4, 0.5) is 0 Å². The molecule has 0 radical (unpaired) electrons. The molecular weight excluding hydrogens is 174 g/mol. The Morgan fingerprint density at radius 1 is 1.43 bits per heavy atom. The second-order valence-corrected chi connectivity index (χ2v) is 4.82. The molecular formula is C12H25NO. The number of ether oxygens (including phenoxy) is 1. The van der Waals surface area contributed by atoms with E-state index in [9.17, 15) is 0 Å². The molecule has 2 heteroatoms. The molecule has 14 heavy (non-hydrogen) atoms. The molecule has 84 valence electrons. The molecule has 1 N–H and O–H groups in total. The first-order chi connectivity index (χ1) is 6.65. The number of nitrogens with one attached hydrogen (secondary N) is 1. The molecule has 0 aromatic rings. The van der Waals surface area contributed by atoms with E-state index in [-0.39, 0.29) is 0 Å². The third-order valence-corrected chi connectivity index (χ3v) is 2.95. The summed E-state index contributed by atoms with van der Waals surface area (Å²) >= 11 is 0. The first kappa shape index (κ1) is 12.0. The van der Waals surface area contributed by atoms with Crippen molar-refractivity contribution in [3.05, 3.63) is 0 Å². The molecule has 0 aromatic carbocycles. The van der Waals surface area contributed by atoms with Crippen molar-refractivity contribution in [2.45, 2.75) is 52.7 Å². The SMILES string of the molecule is CCCNC(COC(C)C)C1CC1C. The van der Waals surface area contributed by atoms with Gasteiger partial charge in [-0.15, -0.1) is 0 Å². The van der Waals surface area contributed by atoms with Gasteiger partial charge in [-0.3, -0.25) is 0 Å². The lowest BCUT2D eigenvalue weighted by molar-refractivity contribution is 0.0559. The molecule has 0 aromatic heterocycles. The Bertz CT molecular complexity index is 158. The molecule has 1 fully saturated rings. The Hall–Kier alpha value is -0.0800. The van der Waals surface area contributed by atoms with E-state index in [1.807, 2.05) is 0 Å². The fourth-order valence-electron chi connectivity index (χ4n) is 1.87. The van der Waals surface area contributed by atoms with Crippen LogP contribution in [0.5, 0.6) is 0 Å². The average Bonchev–Trinajstić information content (AvgIpc) is 2.82. The van der Waals surface area contributed by atoms with Gasteiger partial charge >= 0.3 is 0 Å². The zero-order chi connectivity index (χ0) is 10.6. The van der Waals surface area contributed by atoms with Crippen molar-refractivity contribution in [2.75, 3.05) is 13.2 Å². The van der Waals surface area contributed by atoms with E-state index < -0.39 is 0 Å². The monoisotopic (exact) mass is 199 g/mol. The van der Waals surface area contributed by atoms with Crippen LogP contribution in [0.3, 0.4) is 0 Å². The van der Waals surface area contributed by atoms with Crippen LogP contribution < -0.4 is 5.32 Å². The summed E-state index contributed by atoms with van der Waals surface area (Å²) in [5.74, 6) is 1.76. The van der Waals surface area contributed by atoms with Crippen LogP contribution in [0.15, 0.2) is 0 Å². The highest BCUT2D eigenvalue weighted by Gasteiger charge is 2.39. The van der Waals surface area contributed by atoms with Gasteiger partial charge in [-0.2, -0.15) is 0 Å². The Balaban J connectivity index is 2.22. The lowest BCUT2D eigenvalue weighted by Gasteiger charge is -2.20. The van der Waals surface area contributed by atoms with Gasteiger partial charge in [-0.25, -0.2) is 0 Å². The van der Waals surface area contributed by atoms with Crippen molar-refractivity contribution >= 4 is 0 Å². The van der Waals surface area contributed by atoms with Gasteiger partial charge in [0.15, 0.2) is 0 Å². The van der Waals surface area contributed by atoms with Crippen LogP contribution in [-0.4, -0.2) is 25.3 Å². The summed E-state index contributed by atoms with van der Waals surface area (Å²) in [5.41, 5.74) is 0. The maximum Gasteiger partial charge on any atom is 0.0625 e. The fraction of sp³-hybridized carbons (Fsp3) is 1.00. The van der Waals surface area contributed by atoms with Crippen LogP contribution in [0.2, 0.25) is 0 Å². The molecule has 3 unspecified atom stereocenters. The minimum Gasteiger partial charge on any atom is -0.377 e. The van der Waals surface area contributed by atoms with E-state index in [0.717, 1.165) is 25.0 Å². The van der Waals surface area contributed by atoms with Crippen molar-refractivity contribution in [3.8, 4) is 0 Å². The Morgan fingerprint density at radius 2 is 2.07 bits per heavy atom. The topological polar surface area (TPSA) is 21.3 Å². The predicted octanol–water partition coefficient (Wildman–Crippen LogP) is 2.44. The first-order valence-electron chi connectivity index (χ1n) is 6.00. The van der Waals surface area contributed by atoms with E-state index in [4.69, 9.17) is 4.74 Å². The Kier molecular flexibility index (Phi) is 4.90. The predicted molar refractivity (Wildman–Crippen MR) is 60.4 cm³/mol. The first-order valence-corrected chi connectivity index (χ1v) is 6.00. The molecule has 1 saturated carbocycles. The molecule has 0 heterocycles. The van der Waals surface area contributed by atoms with Gasteiger partial charge in [0, 0.05) is 6.04 Å². The highest BCUT2D eigenvalue weighted by atomic mass is 16.5. The van der Waals surface area contributed by atoms with Gasteiger partial charge in [0.2, 0.25) is 0 Å². The highest BCUT2D eigenvalue weighted by molar-refractivity contribution is 4.92. The van der Waals surface area contributed by atoms with Gasteiger partial charge in [-0.05, 0) is 45.1 Å². The average molecular weight is 199 g/mol. The summed E-state index contributed by atoms with van der Waals surface area (Å²) in [5, 5.41) is 3.59. The van der Waals surface area contributed by atoms with Crippen molar-refractivity contribution in [3.63, 3.8) is 0 Å². The zero-order valence-electron chi connectivity index (χ0n) is 10.0. The summed E-state index contributed by atoms with van der Waals surface area (Å²) in [6, 6.07) is 0.590. The third kappa shape index (κ3) is 3.97. The van der Waals surface area contributed by atoms with Gasteiger partial charge in [0.05, 0.1) is 12.7 Å². The summed E-state index contributed by atoms with van der Waals surface area (Å²) in [4.78, 5) is 0. The van der Waals surface area contributed by atoms with Crippen LogP contribution in [0.25, 0.3) is 0 Å². The lowest BCUT2D eigenvalue weighted by Crippen LogP contribution is -2.37. The third-order valence-electron chi connectivity index (χ3n) is 2.95. The van der Waals surface area contributed by atoms with E-state index in [2.05, 4.69) is 33.0 Å². The number of rotatable bonds is 7. The number of hydrogen-bond donors (Lipinski definition) is 1. The second-order valence-electron chi connectivity index (χ2n) is 4.82. The van der Waals surface area contributed by atoms with E-state index in [0.29, 0.717) is 12.1 Å². The van der Waals surface area contributed by atoms with Crippen LogP contribution in [0, 0.1) is 11.8 Å². The normalized spacial score (nSPS) is 28.1. The largest absolute Gasteiger partial charge is 0.377 e. The zero-order valence-corrected chi connectivity index (χ0v) is 10.0. The van der Waals surface area contributed by atoms with Crippen LogP contribution >= 0.6 is 0 Å². The molecule has 0 spiro atoms. The molecule has 1 aliphatic carbocycles. The molecule has 0 saturated heterocycles.